The number of carbonyl (C=O) groups is 3. The molecule has 0 saturated heterocycles. The first-order chi connectivity index (χ1) is 15.7. The van der Waals surface area contributed by atoms with Gasteiger partial charge in [0.15, 0.2) is 6.73 Å². The highest BCUT2D eigenvalue weighted by Crippen LogP contribution is 2.38. The molecule has 0 unspecified atom stereocenters. The summed E-state index contributed by atoms with van der Waals surface area (Å²) in [7, 11) is -2.95. The van der Waals surface area contributed by atoms with Crippen LogP contribution in [0.2, 0.25) is 0 Å². The summed E-state index contributed by atoms with van der Waals surface area (Å²) in [6.07, 6.45) is 0.545. The Bertz CT molecular complexity index is 1160. The second kappa shape index (κ2) is 10.0. The van der Waals surface area contributed by atoms with E-state index in [0.717, 1.165) is 0 Å². The van der Waals surface area contributed by atoms with Crippen LogP contribution < -0.4 is 4.74 Å². The van der Waals surface area contributed by atoms with E-state index < -0.39 is 28.6 Å². The molecule has 0 aromatic heterocycles. The first-order valence-electron chi connectivity index (χ1n) is 10.3. The van der Waals surface area contributed by atoms with E-state index in [4.69, 9.17) is 9.47 Å². The molecule has 1 aliphatic heterocycles. The van der Waals surface area contributed by atoms with E-state index >= 15 is 0 Å². The van der Waals surface area contributed by atoms with E-state index in [1.807, 2.05) is 13.8 Å². The van der Waals surface area contributed by atoms with Gasteiger partial charge in [0.25, 0.3) is 15.9 Å². The SMILES string of the molecule is COC(=O)CCCOc1cc(C(C)C)c2c(c1)S(=O)(=O)N(COC(=O)c1ccccc1)C2=O. The maximum Gasteiger partial charge on any atom is 0.339 e. The Morgan fingerprint density at radius 3 is 2.42 bits per heavy atom. The number of fused-ring (bicyclic) bond motifs is 1. The van der Waals surface area contributed by atoms with Crippen molar-refractivity contribution < 1.29 is 37.0 Å². The molecule has 1 amide bonds. The van der Waals surface area contributed by atoms with E-state index in [1.165, 1.54) is 25.3 Å². The number of hydrogen-bond donors (Lipinski definition) is 0. The van der Waals surface area contributed by atoms with Gasteiger partial charge in [-0.15, -0.1) is 0 Å². The zero-order chi connectivity index (χ0) is 24.2. The molecule has 0 N–H and O–H groups in total. The van der Waals surface area contributed by atoms with Crippen molar-refractivity contribution in [1.29, 1.82) is 0 Å². The molecule has 10 heteroatoms. The Morgan fingerprint density at radius 2 is 1.79 bits per heavy atom. The van der Waals surface area contributed by atoms with Crippen LogP contribution in [0.1, 0.15) is 58.9 Å². The lowest BCUT2D eigenvalue weighted by Crippen LogP contribution is -2.33. The van der Waals surface area contributed by atoms with Gasteiger partial charge in [-0.1, -0.05) is 32.0 Å². The van der Waals surface area contributed by atoms with Crippen LogP contribution in [0.5, 0.6) is 5.75 Å². The summed E-state index contributed by atoms with van der Waals surface area (Å²) in [5.74, 6) is -1.78. The van der Waals surface area contributed by atoms with Crippen molar-refractivity contribution in [3.05, 3.63) is 59.2 Å². The van der Waals surface area contributed by atoms with Crippen LogP contribution in [0.3, 0.4) is 0 Å². The summed E-state index contributed by atoms with van der Waals surface area (Å²) in [6, 6.07) is 11.0. The summed E-state index contributed by atoms with van der Waals surface area (Å²) in [5, 5.41) is 0. The van der Waals surface area contributed by atoms with Crippen molar-refractivity contribution in [1.82, 2.24) is 4.31 Å². The number of amides is 1. The van der Waals surface area contributed by atoms with Crippen LogP contribution in [0.15, 0.2) is 47.4 Å². The molecule has 9 nitrogen and oxygen atoms in total. The predicted molar refractivity (Wildman–Crippen MR) is 117 cm³/mol. The van der Waals surface area contributed by atoms with Gasteiger partial charge in [0.1, 0.15) is 10.6 Å². The van der Waals surface area contributed by atoms with Crippen molar-refractivity contribution in [2.24, 2.45) is 0 Å². The minimum Gasteiger partial charge on any atom is -0.494 e. The minimum absolute atomic E-state index is 0.0441. The molecule has 0 fully saturated rings. The maximum atomic E-state index is 13.1. The third-order valence-electron chi connectivity index (χ3n) is 5.08. The van der Waals surface area contributed by atoms with Gasteiger partial charge in [0.2, 0.25) is 0 Å². The van der Waals surface area contributed by atoms with Crippen molar-refractivity contribution in [3.8, 4) is 5.75 Å². The summed E-state index contributed by atoms with van der Waals surface area (Å²) in [5.41, 5.74) is 0.785. The topological polar surface area (TPSA) is 116 Å². The molecule has 2 aromatic carbocycles. The van der Waals surface area contributed by atoms with Gasteiger partial charge in [-0.3, -0.25) is 9.59 Å². The molecule has 3 rings (SSSR count). The Hall–Kier alpha value is -3.40. The molecule has 176 valence electrons. The number of methoxy groups -OCH3 is 1. The minimum atomic E-state index is -4.25. The molecule has 0 saturated carbocycles. The lowest BCUT2D eigenvalue weighted by atomic mass is 9.96. The first kappa shape index (κ1) is 24.2. The van der Waals surface area contributed by atoms with Crippen LogP contribution in [-0.4, -0.2) is 51.0 Å². The lowest BCUT2D eigenvalue weighted by molar-refractivity contribution is -0.140. The molecule has 0 spiro atoms. The smallest absolute Gasteiger partial charge is 0.339 e. The zero-order valence-electron chi connectivity index (χ0n) is 18.6. The number of ether oxygens (including phenoxy) is 3. The number of rotatable bonds is 9. The molecule has 1 aliphatic rings. The molecule has 1 heterocycles. The fourth-order valence-corrected chi connectivity index (χ4v) is 4.81. The quantitative estimate of drug-likeness (QED) is 0.401. The highest BCUT2D eigenvalue weighted by atomic mass is 32.2. The van der Waals surface area contributed by atoms with Gasteiger partial charge >= 0.3 is 11.9 Å². The third-order valence-corrected chi connectivity index (χ3v) is 6.81. The summed E-state index contributed by atoms with van der Waals surface area (Å²) >= 11 is 0. The van der Waals surface area contributed by atoms with Crippen molar-refractivity contribution in [2.75, 3.05) is 20.4 Å². The van der Waals surface area contributed by atoms with Crippen LogP contribution >= 0.6 is 0 Å². The van der Waals surface area contributed by atoms with E-state index in [0.29, 0.717) is 16.3 Å². The van der Waals surface area contributed by atoms with Gasteiger partial charge < -0.3 is 14.2 Å². The fraction of sp³-hybridized carbons (Fsp3) is 0.348. The van der Waals surface area contributed by atoms with Crippen LogP contribution in [0, 0.1) is 0 Å². The average Bonchev–Trinajstić information content (AvgIpc) is 2.99. The highest BCUT2D eigenvalue weighted by molar-refractivity contribution is 7.90. The van der Waals surface area contributed by atoms with Gasteiger partial charge in [0.05, 0.1) is 24.8 Å². The van der Waals surface area contributed by atoms with Gasteiger partial charge in [-0.05, 0) is 36.1 Å². The Kier molecular flexibility index (Phi) is 7.37. The summed E-state index contributed by atoms with van der Waals surface area (Å²) in [4.78, 5) is 36.3. The number of benzene rings is 2. The number of hydrogen-bond acceptors (Lipinski definition) is 8. The monoisotopic (exact) mass is 475 g/mol. The van der Waals surface area contributed by atoms with E-state index in [2.05, 4.69) is 4.74 Å². The number of sulfonamides is 1. The van der Waals surface area contributed by atoms with Gasteiger partial charge in [0, 0.05) is 12.5 Å². The molecule has 2 aromatic rings. The molecule has 0 atom stereocenters. The van der Waals surface area contributed by atoms with E-state index in [1.54, 1.807) is 24.3 Å². The van der Waals surface area contributed by atoms with Crippen molar-refractivity contribution in [2.45, 2.75) is 37.5 Å². The Morgan fingerprint density at radius 1 is 1.09 bits per heavy atom. The summed E-state index contributed by atoms with van der Waals surface area (Å²) < 4.78 is 42.1. The Balaban J connectivity index is 1.82. The molecule has 0 radical (unpaired) electrons. The van der Waals surface area contributed by atoms with Gasteiger partial charge in [-0.25, -0.2) is 13.2 Å². The first-order valence-corrected chi connectivity index (χ1v) is 11.8. The Labute approximate surface area is 192 Å². The molecule has 0 bridgehead atoms. The second-order valence-corrected chi connectivity index (χ2v) is 9.48. The molecule has 0 aliphatic carbocycles. The van der Waals surface area contributed by atoms with Crippen LogP contribution in [-0.2, 0) is 24.3 Å². The standard InChI is InChI=1S/C23H25NO8S/c1-15(2)18-12-17(31-11-7-10-20(25)30-3)13-19-21(18)22(26)24(33(19,28)29)14-32-23(27)16-8-5-4-6-9-16/h4-6,8-9,12-13,15H,7,10-11,14H2,1-3H3. The zero-order valence-corrected chi connectivity index (χ0v) is 19.4. The molecule has 33 heavy (non-hydrogen) atoms. The number of carbonyl (C=O) groups excluding carboxylic acids is 3. The number of esters is 2. The molecular weight excluding hydrogens is 450 g/mol. The van der Waals surface area contributed by atoms with Crippen LogP contribution in [0.4, 0.5) is 0 Å². The largest absolute Gasteiger partial charge is 0.494 e. The predicted octanol–water partition coefficient (Wildman–Crippen LogP) is 3.10. The van der Waals surface area contributed by atoms with Gasteiger partial charge in [-0.2, -0.15) is 4.31 Å². The normalized spacial score (nSPS) is 14.2. The van der Waals surface area contributed by atoms with Crippen molar-refractivity contribution in [3.63, 3.8) is 0 Å². The average molecular weight is 476 g/mol. The van der Waals surface area contributed by atoms with E-state index in [9.17, 15) is 22.8 Å². The second-order valence-electron chi connectivity index (χ2n) is 7.65. The summed E-state index contributed by atoms with van der Waals surface area (Å²) in [6.45, 7) is 3.08. The van der Waals surface area contributed by atoms with Crippen LogP contribution in [0.25, 0.3) is 0 Å². The molecular formula is C23H25NO8S. The number of nitrogens with zero attached hydrogens (tertiary/aromatic N) is 1. The lowest BCUT2D eigenvalue weighted by Gasteiger charge is -2.15. The highest BCUT2D eigenvalue weighted by Gasteiger charge is 2.44. The maximum absolute atomic E-state index is 13.1. The van der Waals surface area contributed by atoms with Crippen molar-refractivity contribution >= 4 is 27.9 Å². The third kappa shape index (κ3) is 5.16. The van der Waals surface area contributed by atoms with E-state index in [-0.39, 0.29) is 46.7 Å². The fourth-order valence-electron chi connectivity index (χ4n) is 3.35.